The van der Waals surface area contributed by atoms with Gasteiger partial charge in [-0.15, -0.1) is 0 Å². The van der Waals surface area contributed by atoms with Crippen LogP contribution in [0.5, 0.6) is 0 Å². The number of piperidine rings is 1. The van der Waals surface area contributed by atoms with Gasteiger partial charge in [-0.25, -0.2) is 8.42 Å². The summed E-state index contributed by atoms with van der Waals surface area (Å²) in [4.78, 5) is 23.3. The van der Waals surface area contributed by atoms with Gasteiger partial charge in [0.2, 0.25) is 10.0 Å². The number of ether oxygens (including phenoxy) is 1. The molecular weight excluding hydrogens is 403 g/mol. The smallest absolute Gasteiger partial charge is 0.309 e. The van der Waals surface area contributed by atoms with Crippen molar-refractivity contribution >= 4 is 45.1 Å². The van der Waals surface area contributed by atoms with Crippen molar-refractivity contribution in [3.05, 3.63) is 28.2 Å². The van der Waals surface area contributed by atoms with Gasteiger partial charge in [0.05, 0.1) is 16.0 Å². The van der Waals surface area contributed by atoms with Gasteiger partial charge in [0.15, 0.2) is 6.61 Å². The molecule has 1 N–H and O–H groups in total. The van der Waals surface area contributed by atoms with E-state index in [1.54, 1.807) is 6.92 Å². The van der Waals surface area contributed by atoms with E-state index >= 15 is 0 Å². The SMILES string of the molecule is CCNC(=O)COC(=O)C1CCN(S(=O)(=O)c2cccc(Cl)c2Cl)CC1. The summed E-state index contributed by atoms with van der Waals surface area (Å²) in [6.45, 7) is 2.21. The second-order valence-corrected chi connectivity index (χ2v) is 8.48. The molecule has 1 aliphatic heterocycles. The molecule has 26 heavy (non-hydrogen) atoms. The zero-order valence-corrected chi connectivity index (χ0v) is 16.5. The van der Waals surface area contributed by atoms with E-state index < -0.39 is 21.9 Å². The Morgan fingerprint density at radius 3 is 2.54 bits per heavy atom. The van der Waals surface area contributed by atoms with E-state index in [1.807, 2.05) is 0 Å². The van der Waals surface area contributed by atoms with Crippen LogP contribution in [0.15, 0.2) is 23.1 Å². The second-order valence-electron chi connectivity index (χ2n) is 5.79. The number of carbonyl (C=O) groups is 2. The first-order chi connectivity index (χ1) is 12.3. The third-order valence-electron chi connectivity index (χ3n) is 4.04. The quantitative estimate of drug-likeness (QED) is 0.708. The highest BCUT2D eigenvalue weighted by Crippen LogP contribution is 2.32. The number of likely N-dealkylation sites (N-methyl/N-ethyl adjacent to an activating group) is 1. The van der Waals surface area contributed by atoms with Gasteiger partial charge in [0, 0.05) is 19.6 Å². The molecule has 1 amide bonds. The van der Waals surface area contributed by atoms with E-state index in [9.17, 15) is 18.0 Å². The fourth-order valence-electron chi connectivity index (χ4n) is 2.66. The zero-order chi connectivity index (χ0) is 19.3. The topological polar surface area (TPSA) is 92.8 Å². The molecule has 2 rings (SSSR count). The molecule has 0 bridgehead atoms. The molecule has 10 heteroatoms. The summed E-state index contributed by atoms with van der Waals surface area (Å²) >= 11 is 11.9. The van der Waals surface area contributed by atoms with E-state index in [4.69, 9.17) is 27.9 Å². The lowest BCUT2D eigenvalue weighted by Gasteiger charge is -2.30. The van der Waals surface area contributed by atoms with Crippen molar-refractivity contribution in [1.29, 1.82) is 0 Å². The minimum absolute atomic E-state index is 0.0161. The summed E-state index contributed by atoms with van der Waals surface area (Å²) in [5, 5.41) is 2.68. The minimum Gasteiger partial charge on any atom is -0.455 e. The predicted molar refractivity (Wildman–Crippen MR) is 97.6 cm³/mol. The first-order valence-corrected chi connectivity index (χ1v) is 10.3. The molecule has 1 heterocycles. The van der Waals surface area contributed by atoms with Crippen LogP contribution in [-0.2, 0) is 24.3 Å². The first-order valence-electron chi connectivity index (χ1n) is 8.14. The van der Waals surface area contributed by atoms with Gasteiger partial charge >= 0.3 is 5.97 Å². The number of sulfonamides is 1. The van der Waals surface area contributed by atoms with Gasteiger partial charge < -0.3 is 10.1 Å². The Bertz CT molecular complexity index is 777. The lowest BCUT2D eigenvalue weighted by atomic mass is 9.98. The summed E-state index contributed by atoms with van der Waals surface area (Å²) in [5.74, 6) is -1.30. The molecule has 1 aliphatic rings. The molecule has 1 aromatic rings. The van der Waals surface area contributed by atoms with E-state index in [1.165, 1.54) is 22.5 Å². The van der Waals surface area contributed by atoms with Gasteiger partial charge in [-0.1, -0.05) is 29.3 Å². The lowest BCUT2D eigenvalue weighted by molar-refractivity contribution is -0.153. The van der Waals surface area contributed by atoms with E-state index in [-0.39, 0.29) is 40.5 Å². The average Bonchev–Trinajstić information content (AvgIpc) is 2.62. The molecule has 0 spiro atoms. The number of nitrogens with one attached hydrogen (secondary N) is 1. The molecule has 1 aromatic carbocycles. The molecular formula is C16H20Cl2N2O5S. The van der Waals surface area contributed by atoms with Gasteiger partial charge in [-0.05, 0) is 31.9 Å². The van der Waals surface area contributed by atoms with Crippen LogP contribution in [0.25, 0.3) is 0 Å². The molecule has 144 valence electrons. The van der Waals surface area contributed by atoms with Crippen LogP contribution in [0.3, 0.4) is 0 Å². The number of rotatable bonds is 6. The highest BCUT2D eigenvalue weighted by Gasteiger charge is 2.34. The van der Waals surface area contributed by atoms with Gasteiger partial charge in [-0.3, -0.25) is 9.59 Å². The van der Waals surface area contributed by atoms with Crippen LogP contribution in [0.1, 0.15) is 19.8 Å². The maximum atomic E-state index is 12.7. The molecule has 0 unspecified atom stereocenters. The Labute approximate surface area is 162 Å². The molecule has 0 aromatic heterocycles. The number of esters is 1. The van der Waals surface area contributed by atoms with E-state index in [2.05, 4.69) is 5.32 Å². The summed E-state index contributed by atoms with van der Waals surface area (Å²) in [5.41, 5.74) is 0. The number of halogens is 2. The largest absolute Gasteiger partial charge is 0.455 e. The average molecular weight is 423 g/mol. The van der Waals surface area contributed by atoms with Crippen molar-refractivity contribution in [2.45, 2.75) is 24.7 Å². The Morgan fingerprint density at radius 1 is 1.27 bits per heavy atom. The maximum Gasteiger partial charge on any atom is 0.309 e. The predicted octanol–water partition coefficient (Wildman–Crippen LogP) is 2.07. The summed E-state index contributed by atoms with van der Waals surface area (Å²) in [6.07, 6.45) is 0.622. The summed E-state index contributed by atoms with van der Waals surface area (Å²) < 4.78 is 31.7. The minimum atomic E-state index is -3.80. The number of hydrogen-bond acceptors (Lipinski definition) is 5. The van der Waals surface area contributed by atoms with Gasteiger partial charge in [-0.2, -0.15) is 4.31 Å². The van der Waals surface area contributed by atoms with Crippen molar-refractivity contribution in [3.8, 4) is 0 Å². The molecule has 0 atom stereocenters. The highest BCUT2D eigenvalue weighted by atomic mass is 35.5. The second kappa shape index (κ2) is 9.03. The maximum absolute atomic E-state index is 12.7. The summed E-state index contributed by atoms with van der Waals surface area (Å²) in [6, 6.07) is 4.43. The van der Waals surface area contributed by atoms with E-state index in [0.717, 1.165) is 0 Å². The van der Waals surface area contributed by atoms with Crippen LogP contribution in [0, 0.1) is 5.92 Å². The lowest BCUT2D eigenvalue weighted by Crippen LogP contribution is -2.41. The first kappa shape index (κ1) is 21.0. The molecule has 7 nitrogen and oxygen atoms in total. The fourth-order valence-corrected chi connectivity index (χ4v) is 4.86. The Kier molecular flexibility index (Phi) is 7.28. The van der Waals surface area contributed by atoms with Crippen molar-refractivity contribution in [2.75, 3.05) is 26.2 Å². The summed E-state index contributed by atoms with van der Waals surface area (Å²) in [7, 11) is -3.80. The molecule has 0 radical (unpaired) electrons. The Morgan fingerprint density at radius 2 is 1.92 bits per heavy atom. The van der Waals surface area contributed by atoms with Crippen LogP contribution in [0.2, 0.25) is 10.0 Å². The third-order valence-corrected chi connectivity index (χ3v) is 6.91. The zero-order valence-electron chi connectivity index (χ0n) is 14.2. The van der Waals surface area contributed by atoms with Crippen molar-refractivity contribution in [1.82, 2.24) is 9.62 Å². The van der Waals surface area contributed by atoms with Crippen LogP contribution >= 0.6 is 23.2 Å². The van der Waals surface area contributed by atoms with Crippen molar-refractivity contribution < 1.29 is 22.7 Å². The Hall–Kier alpha value is -1.35. The van der Waals surface area contributed by atoms with Crippen LogP contribution in [0.4, 0.5) is 0 Å². The van der Waals surface area contributed by atoms with Crippen LogP contribution < -0.4 is 5.32 Å². The highest BCUT2D eigenvalue weighted by molar-refractivity contribution is 7.89. The molecule has 1 saturated heterocycles. The molecule has 0 aliphatic carbocycles. The number of hydrogen-bond donors (Lipinski definition) is 1. The normalized spacial score (nSPS) is 16.3. The number of amides is 1. The third kappa shape index (κ3) is 4.88. The van der Waals surface area contributed by atoms with Gasteiger partial charge in [0.1, 0.15) is 4.90 Å². The van der Waals surface area contributed by atoms with Crippen molar-refractivity contribution in [3.63, 3.8) is 0 Å². The molecule has 1 fully saturated rings. The van der Waals surface area contributed by atoms with Gasteiger partial charge in [0.25, 0.3) is 5.91 Å². The number of benzene rings is 1. The monoisotopic (exact) mass is 422 g/mol. The molecule has 0 saturated carbocycles. The number of carbonyl (C=O) groups excluding carboxylic acids is 2. The number of nitrogens with zero attached hydrogens (tertiary/aromatic N) is 1. The van der Waals surface area contributed by atoms with Crippen LogP contribution in [-0.4, -0.2) is 50.8 Å². The fraction of sp³-hybridized carbons (Fsp3) is 0.500. The van der Waals surface area contributed by atoms with Crippen molar-refractivity contribution in [2.24, 2.45) is 5.92 Å². The Balaban J connectivity index is 1.96. The van der Waals surface area contributed by atoms with E-state index in [0.29, 0.717) is 19.4 Å². The standard InChI is InChI=1S/C16H20Cl2N2O5S/c1-2-19-14(21)10-25-16(22)11-6-8-20(9-7-11)26(23,24)13-5-3-4-12(17)15(13)18/h3-5,11H,2,6-10H2,1H3,(H,19,21).